The van der Waals surface area contributed by atoms with Crippen molar-refractivity contribution in [1.82, 2.24) is 10.3 Å². The van der Waals surface area contributed by atoms with Crippen molar-refractivity contribution in [1.29, 1.82) is 0 Å². The molecule has 1 saturated carbocycles. The molecule has 6 heteroatoms. The maximum Gasteiger partial charge on any atom is 0.251 e. The number of rotatable bonds is 8. The van der Waals surface area contributed by atoms with Crippen molar-refractivity contribution in [3.8, 4) is 0 Å². The molecule has 2 aromatic rings. The molecule has 0 atom stereocenters. The summed E-state index contributed by atoms with van der Waals surface area (Å²) in [7, 11) is 0. The normalized spacial score (nSPS) is 15.3. The first-order chi connectivity index (χ1) is 15.0. The van der Waals surface area contributed by atoms with Gasteiger partial charge in [0.25, 0.3) is 5.91 Å². The van der Waals surface area contributed by atoms with Gasteiger partial charge in [0, 0.05) is 35.8 Å². The van der Waals surface area contributed by atoms with E-state index in [0.717, 1.165) is 41.1 Å². The van der Waals surface area contributed by atoms with Gasteiger partial charge in [-0.3, -0.25) is 14.6 Å². The summed E-state index contributed by atoms with van der Waals surface area (Å²) in [5.41, 5.74) is 4.80. The molecule has 1 amide bonds. The van der Waals surface area contributed by atoms with Gasteiger partial charge >= 0.3 is 0 Å². The summed E-state index contributed by atoms with van der Waals surface area (Å²) < 4.78 is 0. The number of nitrogens with one attached hydrogen (secondary N) is 3. The maximum atomic E-state index is 12.2. The highest BCUT2D eigenvalue weighted by Crippen LogP contribution is 2.20. The molecule has 0 bridgehead atoms. The molecule has 0 radical (unpaired) electrons. The molecule has 0 spiro atoms. The van der Waals surface area contributed by atoms with Gasteiger partial charge in [-0.1, -0.05) is 12.2 Å². The second-order valence-corrected chi connectivity index (χ2v) is 7.52. The topological polar surface area (TPSA) is 86.3 Å². The summed E-state index contributed by atoms with van der Waals surface area (Å²) in [6.45, 7) is 5.79. The second kappa shape index (κ2) is 10.4. The van der Waals surface area contributed by atoms with Crippen molar-refractivity contribution in [3.63, 3.8) is 0 Å². The van der Waals surface area contributed by atoms with Gasteiger partial charge in [0.2, 0.25) is 5.56 Å². The molecule has 1 aromatic heterocycles. The molecule has 160 valence electrons. The molecule has 1 fully saturated rings. The number of aromatic nitrogens is 1. The number of carbonyl (C=O) groups is 1. The standard InChI is InChI=1S/C25H28N4O2/c1-4-14-26-18(3)23(12-5-17(2)20-13-15-27-24(30)16-20)28-21-8-6-19(7-9-21)25(31)29-22-10-11-22/h4-9,12-16,22,28H,10-11H2,1-3H3,(H,27,30)(H,29,31)/b14-4-,17-5+,23-12+,26-18+. The van der Waals surface area contributed by atoms with E-state index >= 15 is 0 Å². The van der Waals surface area contributed by atoms with E-state index in [1.807, 2.05) is 69.3 Å². The van der Waals surface area contributed by atoms with Gasteiger partial charge < -0.3 is 15.6 Å². The molecule has 0 aliphatic heterocycles. The minimum atomic E-state index is -0.135. The van der Waals surface area contributed by atoms with Gasteiger partial charge in [-0.05, 0) is 81.2 Å². The maximum absolute atomic E-state index is 12.2. The van der Waals surface area contributed by atoms with Gasteiger partial charge in [0.15, 0.2) is 0 Å². The summed E-state index contributed by atoms with van der Waals surface area (Å²) in [6.07, 6.45) is 11.3. The number of anilines is 1. The molecule has 1 aliphatic carbocycles. The molecule has 3 rings (SSSR count). The van der Waals surface area contributed by atoms with E-state index in [4.69, 9.17) is 0 Å². The van der Waals surface area contributed by atoms with Crippen LogP contribution in [0.3, 0.4) is 0 Å². The number of hydrogen-bond acceptors (Lipinski definition) is 4. The summed E-state index contributed by atoms with van der Waals surface area (Å²) >= 11 is 0. The number of hydrogen-bond donors (Lipinski definition) is 3. The minimum absolute atomic E-state index is 0.0351. The molecule has 0 saturated heterocycles. The largest absolute Gasteiger partial charge is 0.354 e. The highest BCUT2D eigenvalue weighted by Gasteiger charge is 2.23. The predicted octanol–water partition coefficient (Wildman–Crippen LogP) is 4.66. The lowest BCUT2D eigenvalue weighted by Gasteiger charge is -2.11. The number of carbonyl (C=O) groups excluding carboxylic acids is 1. The molecule has 1 aliphatic rings. The fourth-order valence-electron chi connectivity index (χ4n) is 2.86. The van der Waals surface area contributed by atoms with Crippen LogP contribution in [-0.2, 0) is 0 Å². The predicted molar refractivity (Wildman–Crippen MR) is 127 cm³/mol. The van der Waals surface area contributed by atoms with Gasteiger partial charge in [0.05, 0.1) is 11.4 Å². The smallest absolute Gasteiger partial charge is 0.251 e. The average Bonchev–Trinajstić information content (AvgIpc) is 3.59. The van der Waals surface area contributed by atoms with Crippen LogP contribution >= 0.6 is 0 Å². The van der Waals surface area contributed by atoms with Crippen molar-refractivity contribution in [3.05, 3.63) is 94.2 Å². The number of amides is 1. The van der Waals surface area contributed by atoms with E-state index in [1.165, 1.54) is 0 Å². The molecule has 3 N–H and O–H groups in total. The minimum Gasteiger partial charge on any atom is -0.354 e. The van der Waals surface area contributed by atoms with Crippen LogP contribution in [0.4, 0.5) is 5.69 Å². The van der Waals surface area contributed by atoms with Crippen LogP contribution in [0.1, 0.15) is 49.5 Å². The zero-order valence-corrected chi connectivity index (χ0v) is 18.1. The van der Waals surface area contributed by atoms with Gasteiger partial charge in [-0.2, -0.15) is 0 Å². The number of nitrogens with zero attached hydrogens (tertiary/aromatic N) is 1. The fourth-order valence-corrected chi connectivity index (χ4v) is 2.86. The third kappa shape index (κ3) is 6.67. The van der Waals surface area contributed by atoms with Crippen LogP contribution in [0.2, 0.25) is 0 Å². The van der Waals surface area contributed by atoms with E-state index in [-0.39, 0.29) is 11.5 Å². The van der Waals surface area contributed by atoms with E-state index < -0.39 is 0 Å². The van der Waals surface area contributed by atoms with Crippen LogP contribution < -0.4 is 16.2 Å². The quantitative estimate of drug-likeness (QED) is 0.432. The third-order valence-corrected chi connectivity index (χ3v) is 4.88. The van der Waals surface area contributed by atoms with Crippen molar-refractivity contribution in [2.24, 2.45) is 4.99 Å². The van der Waals surface area contributed by atoms with E-state index in [9.17, 15) is 9.59 Å². The first kappa shape index (κ1) is 22.0. The van der Waals surface area contributed by atoms with Crippen molar-refractivity contribution < 1.29 is 4.79 Å². The Bertz CT molecular complexity index is 1100. The Kier molecular flexibility index (Phi) is 7.38. The number of pyridine rings is 1. The molecular weight excluding hydrogens is 388 g/mol. The Balaban J connectivity index is 1.81. The van der Waals surface area contributed by atoms with Crippen LogP contribution in [0.25, 0.3) is 5.57 Å². The number of aliphatic imine (C=N–C) groups is 1. The Hall–Kier alpha value is -3.67. The van der Waals surface area contributed by atoms with E-state index in [0.29, 0.717) is 11.6 Å². The Morgan fingerprint density at radius 3 is 2.48 bits per heavy atom. The Labute approximate surface area is 182 Å². The monoisotopic (exact) mass is 416 g/mol. The average molecular weight is 417 g/mol. The van der Waals surface area contributed by atoms with Crippen LogP contribution in [0.5, 0.6) is 0 Å². The fraction of sp³-hybridized carbons (Fsp3) is 0.240. The van der Waals surface area contributed by atoms with E-state index in [1.54, 1.807) is 18.5 Å². The van der Waals surface area contributed by atoms with Crippen molar-refractivity contribution in [2.75, 3.05) is 5.32 Å². The number of H-pyrrole nitrogens is 1. The number of benzene rings is 1. The molecule has 0 unspecified atom stereocenters. The summed E-state index contributed by atoms with van der Waals surface area (Å²) in [5, 5.41) is 6.37. The second-order valence-electron chi connectivity index (χ2n) is 7.52. The highest BCUT2D eigenvalue weighted by atomic mass is 16.1. The number of allylic oxidation sites excluding steroid dienone is 5. The molecule has 1 aromatic carbocycles. The Morgan fingerprint density at radius 2 is 1.84 bits per heavy atom. The van der Waals surface area contributed by atoms with Gasteiger partial charge in [-0.15, -0.1) is 0 Å². The molecule has 31 heavy (non-hydrogen) atoms. The van der Waals surface area contributed by atoms with Crippen molar-refractivity contribution >= 4 is 22.9 Å². The summed E-state index contributed by atoms with van der Waals surface area (Å²) in [5.74, 6) is -0.0351. The molecule has 6 nitrogen and oxygen atoms in total. The highest BCUT2D eigenvalue weighted by molar-refractivity contribution is 6.01. The number of aromatic amines is 1. The lowest BCUT2D eigenvalue weighted by Crippen LogP contribution is -2.25. The Morgan fingerprint density at radius 1 is 1.10 bits per heavy atom. The lowest BCUT2D eigenvalue weighted by molar-refractivity contribution is 0.0951. The van der Waals surface area contributed by atoms with Crippen LogP contribution in [-0.4, -0.2) is 22.6 Å². The molecule has 1 heterocycles. The SMILES string of the molecule is C\C=C/N=C(C)/C(=C\C=C(/C)c1cc[nH]c(=O)c1)Nc1ccc(C(=O)NC2CC2)cc1. The first-order valence-electron chi connectivity index (χ1n) is 10.4. The first-order valence-corrected chi connectivity index (χ1v) is 10.4. The summed E-state index contributed by atoms with van der Waals surface area (Å²) in [6, 6.07) is 11.2. The lowest BCUT2D eigenvalue weighted by atomic mass is 10.1. The molecular formula is C25H28N4O2. The van der Waals surface area contributed by atoms with Crippen LogP contribution in [0, 0.1) is 0 Å². The third-order valence-electron chi connectivity index (χ3n) is 4.88. The van der Waals surface area contributed by atoms with Gasteiger partial charge in [0.1, 0.15) is 0 Å². The zero-order valence-electron chi connectivity index (χ0n) is 18.1. The van der Waals surface area contributed by atoms with E-state index in [2.05, 4.69) is 20.6 Å². The summed E-state index contributed by atoms with van der Waals surface area (Å²) in [4.78, 5) is 30.8. The zero-order chi connectivity index (χ0) is 22.2. The van der Waals surface area contributed by atoms with Gasteiger partial charge in [-0.25, -0.2) is 0 Å². The van der Waals surface area contributed by atoms with Crippen LogP contribution in [0.15, 0.2) is 82.5 Å². The van der Waals surface area contributed by atoms with Crippen molar-refractivity contribution in [2.45, 2.75) is 39.7 Å².